The third-order valence-corrected chi connectivity index (χ3v) is 5.99. The average molecular weight is 440 g/mol. The Bertz CT molecular complexity index is 1080. The van der Waals surface area contributed by atoms with E-state index in [1.165, 1.54) is 22.9 Å². The van der Waals surface area contributed by atoms with Crippen molar-refractivity contribution in [3.05, 3.63) is 75.7 Å². The van der Waals surface area contributed by atoms with Crippen LogP contribution in [0.25, 0.3) is 5.69 Å². The first kappa shape index (κ1) is 22.7. The van der Waals surface area contributed by atoms with Gasteiger partial charge >= 0.3 is 0 Å². The van der Waals surface area contributed by atoms with Crippen molar-refractivity contribution >= 4 is 23.4 Å². The van der Waals surface area contributed by atoms with Crippen LogP contribution in [0.3, 0.4) is 0 Å². The molecular weight excluding hydrogens is 410 g/mol. The quantitative estimate of drug-likeness (QED) is 0.507. The lowest BCUT2D eigenvalue weighted by molar-refractivity contribution is -0.113. The molecule has 2 aromatic carbocycles. The number of anilines is 1. The topological polar surface area (TPSA) is 65.3 Å². The molecule has 164 valence electrons. The number of carbonyl (C=O) groups excluding carboxylic acids is 1. The lowest BCUT2D eigenvalue weighted by Crippen LogP contribution is -2.23. The molecule has 1 amide bonds. The second-order valence-electron chi connectivity index (χ2n) is 7.56. The molecule has 3 aromatic rings. The Hall–Kier alpha value is -2.93. The van der Waals surface area contributed by atoms with Crippen molar-refractivity contribution in [1.29, 1.82) is 0 Å². The first-order valence-electron chi connectivity index (χ1n) is 10.3. The monoisotopic (exact) mass is 439 g/mol. The summed E-state index contributed by atoms with van der Waals surface area (Å²) in [6, 6.07) is 15.5. The molecular formula is C24H29N3O3S. The molecule has 7 heteroatoms. The number of nitrogens with one attached hydrogen (secondary N) is 1. The van der Waals surface area contributed by atoms with Gasteiger partial charge in [0.2, 0.25) is 5.91 Å². The number of thioether (sulfide) groups is 1. The Morgan fingerprint density at radius 3 is 2.42 bits per heavy atom. The summed E-state index contributed by atoms with van der Waals surface area (Å²) in [5, 5.41) is 2.79. The van der Waals surface area contributed by atoms with Crippen LogP contribution in [0.4, 0.5) is 5.69 Å². The number of hydrogen-bond donors (Lipinski definition) is 1. The van der Waals surface area contributed by atoms with Crippen molar-refractivity contribution in [1.82, 2.24) is 9.36 Å². The molecule has 0 saturated carbocycles. The SMILES string of the molecule is Cc1cc(C)cc(OCCCSCC(=O)Nc2c(C)n(C)n(-c3ccccc3)c2=O)c1. The number of carbonyl (C=O) groups is 1. The zero-order valence-corrected chi connectivity index (χ0v) is 19.3. The third kappa shape index (κ3) is 5.82. The maximum atomic E-state index is 12.8. The normalized spacial score (nSPS) is 10.8. The van der Waals surface area contributed by atoms with Crippen LogP contribution in [-0.2, 0) is 11.8 Å². The summed E-state index contributed by atoms with van der Waals surface area (Å²) in [6.07, 6.45) is 0.843. The zero-order chi connectivity index (χ0) is 22.4. The highest BCUT2D eigenvalue weighted by Crippen LogP contribution is 2.17. The number of para-hydroxylation sites is 1. The van der Waals surface area contributed by atoms with E-state index < -0.39 is 0 Å². The Morgan fingerprint density at radius 2 is 1.74 bits per heavy atom. The van der Waals surface area contributed by atoms with E-state index in [-0.39, 0.29) is 11.5 Å². The van der Waals surface area contributed by atoms with E-state index in [4.69, 9.17) is 4.74 Å². The number of aryl methyl sites for hydroxylation is 2. The smallest absolute Gasteiger partial charge is 0.295 e. The summed E-state index contributed by atoms with van der Waals surface area (Å²) in [5.74, 6) is 1.81. The lowest BCUT2D eigenvalue weighted by Gasteiger charge is -2.08. The van der Waals surface area contributed by atoms with Crippen molar-refractivity contribution in [3.63, 3.8) is 0 Å². The zero-order valence-electron chi connectivity index (χ0n) is 18.5. The molecule has 0 fully saturated rings. The maximum Gasteiger partial charge on any atom is 0.295 e. The Labute approximate surface area is 187 Å². The van der Waals surface area contributed by atoms with Crippen LogP contribution in [0.1, 0.15) is 23.2 Å². The lowest BCUT2D eigenvalue weighted by atomic mass is 10.1. The third-order valence-electron chi connectivity index (χ3n) is 4.95. The van der Waals surface area contributed by atoms with Crippen LogP contribution in [0, 0.1) is 20.8 Å². The molecule has 0 spiro atoms. The predicted octanol–water partition coefficient (Wildman–Crippen LogP) is 4.24. The molecule has 0 bridgehead atoms. The highest BCUT2D eigenvalue weighted by molar-refractivity contribution is 7.99. The molecule has 3 rings (SSSR count). The van der Waals surface area contributed by atoms with Gasteiger partial charge in [-0.1, -0.05) is 24.3 Å². The molecule has 31 heavy (non-hydrogen) atoms. The number of amides is 1. The van der Waals surface area contributed by atoms with Crippen LogP contribution in [-0.4, -0.2) is 33.4 Å². The van der Waals surface area contributed by atoms with Gasteiger partial charge in [-0.2, -0.15) is 11.8 Å². The summed E-state index contributed by atoms with van der Waals surface area (Å²) in [6.45, 7) is 6.54. The fourth-order valence-corrected chi connectivity index (χ4v) is 4.14. The summed E-state index contributed by atoms with van der Waals surface area (Å²) in [7, 11) is 1.81. The van der Waals surface area contributed by atoms with E-state index in [1.807, 2.05) is 56.4 Å². The van der Waals surface area contributed by atoms with Crippen LogP contribution in [0.15, 0.2) is 53.3 Å². The number of rotatable bonds is 9. The first-order valence-corrected chi connectivity index (χ1v) is 11.4. The minimum absolute atomic E-state index is 0.175. The molecule has 1 N–H and O–H groups in total. The van der Waals surface area contributed by atoms with Crippen LogP contribution >= 0.6 is 11.8 Å². The number of hydrogen-bond acceptors (Lipinski definition) is 4. The van der Waals surface area contributed by atoms with Crippen molar-refractivity contribution in [2.24, 2.45) is 7.05 Å². The highest BCUT2D eigenvalue weighted by Gasteiger charge is 2.17. The number of nitrogens with zero attached hydrogens (tertiary/aromatic N) is 2. The summed E-state index contributed by atoms with van der Waals surface area (Å²) in [5.41, 5.74) is 3.94. The van der Waals surface area contributed by atoms with Crippen molar-refractivity contribution in [2.45, 2.75) is 27.2 Å². The van der Waals surface area contributed by atoms with Crippen molar-refractivity contribution in [3.8, 4) is 11.4 Å². The van der Waals surface area contributed by atoms with Crippen molar-refractivity contribution < 1.29 is 9.53 Å². The van der Waals surface area contributed by atoms with Gasteiger partial charge in [0, 0.05) is 7.05 Å². The van der Waals surface area contributed by atoms with Gasteiger partial charge in [-0.25, -0.2) is 4.68 Å². The maximum absolute atomic E-state index is 12.8. The number of benzene rings is 2. The molecule has 0 aliphatic rings. The molecule has 1 heterocycles. The first-order chi connectivity index (χ1) is 14.9. The molecule has 0 unspecified atom stereocenters. The highest BCUT2D eigenvalue weighted by atomic mass is 32.2. The average Bonchev–Trinajstić information content (AvgIpc) is 2.93. The standard InChI is InChI=1S/C24H29N3O3S/c1-17-13-18(2)15-21(14-17)30-11-8-12-31-16-22(28)25-23-19(3)26(4)27(24(23)29)20-9-6-5-7-10-20/h5-7,9-10,13-15H,8,11-12,16H2,1-4H3,(H,25,28). The molecule has 0 atom stereocenters. The van der Waals surface area contributed by atoms with E-state index in [0.717, 1.165) is 23.6 Å². The van der Waals surface area contributed by atoms with Gasteiger partial charge in [-0.3, -0.25) is 14.3 Å². The van der Waals surface area contributed by atoms with Gasteiger partial charge in [0.1, 0.15) is 11.4 Å². The minimum Gasteiger partial charge on any atom is -0.494 e. The Morgan fingerprint density at radius 1 is 1.06 bits per heavy atom. The van der Waals surface area contributed by atoms with Crippen molar-refractivity contribution in [2.75, 3.05) is 23.4 Å². The molecule has 1 aromatic heterocycles. The van der Waals surface area contributed by atoms with Gasteiger partial charge in [0.05, 0.1) is 23.7 Å². The molecule has 6 nitrogen and oxygen atoms in total. The van der Waals surface area contributed by atoms with E-state index >= 15 is 0 Å². The van der Waals surface area contributed by atoms with Crippen LogP contribution < -0.4 is 15.6 Å². The van der Waals surface area contributed by atoms with Gasteiger partial charge in [0.25, 0.3) is 5.56 Å². The van der Waals surface area contributed by atoms with Gasteiger partial charge in [0.15, 0.2) is 0 Å². The van der Waals surface area contributed by atoms with E-state index in [9.17, 15) is 9.59 Å². The van der Waals surface area contributed by atoms with Crippen LogP contribution in [0.5, 0.6) is 5.75 Å². The summed E-state index contributed by atoms with van der Waals surface area (Å²) < 4.78 is 9.11. The number of aromatic nitrogens is 2. The fraction of sp³-hybridized carbons (Fsp3) is 0.333. The molecule has 0 aliphatic carbocycles. The Balaban J connectivity index is 1.47. The fourth-order valence-electron chi connectivity index (χ4n) is 3.42. The van der Waals surface area contributed by atoms with Gasteiger partial charge in [-0.05, 0) is 68.3 Å². The van der Waals surface area contributed by atoms with Gasteiger partial charge < -0.3 is 10.1 Å². The summed E-state index contributed by atoms with van der Waals surface area (Å²) in [4.78, 5) is 25.2. The second kappa shape index (κ2) is 10.4. The molecule has 0 saturated heterocycles. The largest absolute Gasteiger partial charge is 0.494 e. The second-order valence-corrected chi connectivity index (χ2v) is 8.67. The number of ether oxygens (including phenoxy) is 1. The van der Waals surface area contributed by atoms with E-state index in [0.29, 0.717) is 23.7 Å². The van der Waals surface area contributed by atoms with E-state index in [2.05, 4.69) is 25.2 Å². The molecule has 0 radical (unpaired) electrons. The van der Waals surface area contributed by atoms with E-state index in [1.54, 1.807) is 9.36 Å². The van der Waals surface area contributed by atoms with Gasteiger partial charge in [-0.15, -0.1) is 0 Å². The minimum atomic E-state index is -0.230. The predicted molar refractivity (Wildman–Crippen MR) is 128 cm³/mol. The summed E-state index contributed by atoms with van der Waals surface area (Å²) >= 11 is 1.53. The molecule has 0 aliphatic heterocycles. The Kier molecular flexibility index (Phi) is 7.63. The van der Waals surface area contributed by atoms with Crippen LogP contribution in [0.2, 0.25) is 0 Å².